The lowest BCUT2D eigenvalue weighted by Gasteiger charge is -2.12. The summed E-state index contributed by atoms with van der Waals surface area (Å²) in [6.45, 7) is 6.75. The van der Waals surface area contributed by atoms with Crippen molar-refractivity contribution in [2.45, 2.75) is 20.3 Å². The fraction of sp³-hybridized carbons (Fsp3) is 0.500. The second kappa shape index (κ2) is 8.75. The quantitative estimate of drug-likeness (QED) is 0.587. The van der Waals surface area contributed by atoms with E-state index in [2.05, 4.69) is 24.5 Å². The molecule has 1 aromatic rings. The predicted molar refractivity (Wildman–Crippen MR) is 80.0 cm³/mol. The van der Waals surface area contributed by atoms with Crippen LogP contribution in [0.15, 0.2) is 30.3 Å². The molecule has 0 spiro atoms. The van der Waals surface area contributed by atoms with Crippen molar-refractivity contribution in [3.63, 3.8) is 0 Å². The Morgan fingerprint density at radius 2 is 1.94 bits per heavy atom. The Morgan fingerprint density at radius 3 is 2.61 bits per heavy atom. The summed E-state index contributed by atoms with van der Waals surface area (Å²) in [7, 11) is 0. The van der Waals surface area contributed by atoms with Gasteiger partial charge in [-0.1, -0.05) is 32.0 Å². The average molecular weight is 266 g/mol. The maximum atomic E-state index is 5.58. The Labute approximate surface area is 115 Å². The van der Waals surface area contributed by atoms with Crippen LogP contribution in [0.2, 0.25) is 0 Å². The number of nitrogens with one attached hydrogen (secondary N) is 2. The van der Waals surface area contributed by atoms with E-state index >= 15 is 0 Å². The Morgan fingerprint density at radius 1 is 1.22 bits per heavy atom. The molecule has 0 aliphatic carbocycles. The van der Waals surface area contributed by atoms with E-state index in [1.807, 2.05) is 30.3 Å². The van der Waals surface area contributed by atoms with Crippen molar-refractivity contribution in [2.75, 3.05) is 19.7 Å². The van der Waals surface area contributed by atoms with Crippen molar-refractivity contribution >= 4 is 17.3 Å². The molecule has 0 bridgehead atoms. The zero-order valence-electron chi connectivity index (χ0n) is 11.1. The van der Waals surface area contributed by atoms with Gasteiger partial charge in [-0.05, 0) is 36.7 Å². The van der Waals surface area contributed by atoms with Gasteiger partial charge in [0, 0.05) is 13.1 Å². The highest BCUT2D eigenvalue weighted by Gasteiger charge is 1.97. The molecule has 0 aliphatic heterocycles. The molecule has 0 amide bonds. The number of rotatable bonds is 7. The largest absolute Gasteiger partial charge is 0.494 e. The maximum Gasteiger partial charge on any atom is 0.166 e. The molecule has 18 heavy (non-hydrogen) atoms. The third kappa shape index (κ3) is 7.12. The molecule has 1 aromatic carbocycles. The second-order valence-corrected chi connectivity index (χ2v) is 4.95. The first kappa shape index (κ1) is 14.8. The minimum atomic E-state index is 0.603. The van der Waals surface area contributed by atoms with Crippen LogP contribution >= 0.6 is 12.2 Å². The zero-order chi connectivity index (χ0) is 13.2. The molecule has 0 radical (unpaired) electrons. The third-order valence-electron chi connectivity index (χ3n) is 2.29. The van der Waals surface area contributed by atoms with E-state index in [0.717, 1.165) is 30.4 Å². The van der Waals surface area contributed by atoms with Crippen molar-refractivity contribution in [1.29, 1.82) is 0 Å². The number of hydrogen-bond acceptors (Lipinski definition) is 2. The van der Waals surface area contributed by atoms with Crippen molar-refractivity contribution in [3.05, 3.63) is 30.3 Å². The number of ether oxygens (including phenoxy) is 1. The molecule has 0 saturated heterocycles. The Bertz CT molecular complexity index is 341. The van der Waals surface area contributed by atoms with Gasteiger partial charge in [0.15, 0.2) is 5.11 Å². The molecule has 1 rings (SSSR count). The van der Waals surface area contributed by atoms with Gasteiger partial charge in [-0.25, -0.2) is 0 Å². The number of hydrogen-bond donors (Lipinski definition) is 2. The molecule has 0 atom stereocenters. The summed E-state index contributed by atoms with van der Waals surface area (Å²) in [6, 6.07) is 9.84. The van der Waals surface area contributed by atoms with Crippen molar-refractivity contribution < 1.29 is 4.74 Å². The van der Waals surface area contributed by atoms with E-state index in [1.54, 1.807) is 0 Å². The van der Waals surface area contributed by atoms with Gasteiger partial charge in [0.25, 0.3) is 0 Å². The first-order valence-corrected chi connectivity index (χ1v) is 6.79. The van der Waals surface area contributed by atoms with Gasteiger partial charge in [-0.2, -0.15) is 0 Å². The highest BCUT2D eigenvalue weighted by Crippen LogP contribution is 2.07. The standard InChI is InChI=1S/C14H22N2OS/c1-12(2)11-16-14(18)15-9-6-10-17-13-7-4-3-5-8-13/h3-5,7-8,12H,6,9-11H2,1-2H3,(H2,15,16,18). The monoisotopic (exact) mass is 266 g/mol. The van der Waals surface area contributed by atoms with E-state index in [0.29, 0.717) is 12.5 Å². The summed E-state index contributed by atoms with van der Waals surface area (Å²) >= 11 is 5.15. The maximum absolute atomic E-state index is 5.58. The summed E-state index contributed by atoms with van der Waals surface area (Å²) in [5.74, 6) is 1.52. The molecule has 0 aromatic heterocycles. The lowest BCUT2D eigenvalue weighted by Crippen LogP contribution is -2.37. The molecule has 0 saturated carbocycles. The van der Waals surface area contributed by atoms with E-state index in [-0.39, 0.29) is 0 Å². The number of para-hydroxylation sites is 1. The van der Waals surface area contributed by atoms with Crippen LogP contribution < -0.4 is 15.4 Å². The van der Waals surface area contributed by atoms with Gasteiger partial charge in [-0.3, -0.25) is 0 Å². The van der Waals surface area contributed by atoms with E-state index in [9.17, 15) is 0 Å². The van der Waals surface area contributed by atoms with Crippen LogP contribution in [0.5, 0.6) is 5.75 Å². The SMILES string of the molecule is CC(C)CNC(=S)NCCCOc1ccccc1. The molecule has 2 N–H and O–H groups in total. The minimum absolute atomic E-state index is 0.603. The molecular formula is C14H22N2OS. The summed E-state index contributed by atoms with van der Waals surface area (Å²) in [5, 5.41) is 7.06. The first-order chi connectivity index (χ1) is 8.68. The summed E-state index contributed by atoms with van der Waals surface area (Å²) in [6.07, 6.45) is 0.929. The fourth-order valence-corrected chi connectivity index (χ4v) is 1.53. The second-order valence-electron chi connectivity index (χ2n) is 4.55. The molecule has 100 valence electrons. The Kier molecular flexibility index (Phi) is 7.18. The van der Waals surface area contributed by atoms with Crippen molar-refractivity contribution in [1.82, 2.24) is 10.6 Å². The molecule has 0 heterocycles. The van der Waals surface area contributed by atoms with Gasteiger partial charge in [0.1, 0.15) is 5.75 Å². The highest BCUT2D eigenvalue weighted by atomic mass is 32.1. The minimum Gasteiger partial charge on any atom is -0.494 e. The summed E-state index contributed by atoms with van der Waals surface area (Å²) in [5.41, 5.74) is 0. The predicted octanol–water partition coefficient (Wildman–Crippen LogP) is 2.58. The Balaban J connectivity index is 2.00. The number of thiocarbonyl (C=S) groups is 1. The third-order valence-corrected chi connectivity index (χ3v) is 2.58. The van der Waals surface area contributed by atoms with Crippen LogP contribution in [-0.4, -0.2) is 24.8 Å². The van der Waals surface area contributed by atoms with E-state index in [4.69, 9.17) is 17.0 Å². The van der Waals surface area contributed by atoms with Gasteiger partial charge in [-0.15, -0.1) is 0 Å². The summed E-state index contributed by atoms with van der Waals surface area (Å²) in [4.78, 5) is 0. The molecule has 0 fully saturated rings. The van der Waals surface area contributed by atoms with Gasteiger partial charge in [0.05, 0.1) is 6.61 Å². The van der Waals surface area contributed by atoms with E-state index in [1.165, 1.54) is 0 Å². The van der Waals surface area contributed by atoms with Crippen molar-refractivity contribution in [3.8, 4) is 5.75 Å². The van der Waals surface area contributed by atoms with Crippen LogP contribution in [0.3, 0.4) is 0 Å². The molecular weight excluding hydrogens is 244 g/mol. The molecule has 3 nitrogen and oxygen atoms in total. The molecule has 0 unspecified atom stereocenters. The van der Waals surface area contributed by atoms with Crippen LogP contribution in [-0.2, 0) is 0 Å². The molecule has 0 aliphatic rings. The smallest absolute Gasteiger partial charge is 0.166 e. The first-order valence-electron chi connectivity index (χ1n) is 6.38. The fourth-order valence-electron chi connectivity index (χ4n) is 1.34. The lowest BCUT2D eigenvalue weighted by molar-refractivity contribution is 0.311. The van der Waals surface area contributed by atoms with Crippen LogP contribution in [0.25, 0.3) is 0 Å². The van der Waals surface area contributed by atoms with Crippen molar-refractivity contribution in [2.24, 2.45) is 5.92 Å². The van der Waals surface area contributed by atoms with Gasteiger partial charge in [0.2, 0.25) is 0 Å². The van der Waals surface area contributed by atoms with Gasteiger partial charge < -0.3 is 15.4 Å². The van der Waals surface area contributed by atoms with Crippen LogP contribution in [0.4, 0.5) is 0 Å². The summed E-state index contributed by atoms with van der Waals surface area (Å²) < 4.78 is 5.58. The zero-order valence-corrected chi connectivity index (χ0v) is 11.9. The molecule has 4 heteroatoms. The van der Waals surface area contributed by atoms with Crippen LogP contribution in [0.1, 0.15) is 20.3 Å². The number of benzene rings is 1. The highest BCUT2D eigenvalue weighted by molar-refractivity contribution is 7.80. The Hall–Kier alpha value is -1.29. The van der Waals surface area contributed by atoms with Gasteiger partial charge >= 0.3 is 0 Å². The van der Waals surface area contributed by atoms with Crippen LogP contribution in [0, 0.1) is 5.92 Å². The lowest BCUT2D eigenvalue weighted by atomic mass is 10.2. The topological polar surface area (TPSA) is 33.3 Å². The average Bonchev–Trinajstić information content (AvgIpc) is 2.37. The van der Waals surface area contributed by atoms with E-state index < -0.39 is 0 Å². The normalized spacial score (nSPS) is 10.2.